The van der Waals surface area contributed by atoms with Crippen LogP contribution >= 0.6 is 0 Å². The molecule has 1 rings (SSSR count). The average Bonchev–Trinajstić information content (AvgIpc) is 2.36. The van der Waals surface area contributed by atoms with Gasteiger partial charge in [0.1, 0.15) is 5.75 Å². The summed E-state index contributed by atoms with van der Waals surface area (Å²) < 4.78 is 10.0. The summed E-state index contributed by atoms with van der Waals surface area (Å²) in [6.45, 7) is 5.35. The van der Waals surface area contributed by atoms with Gasteiger partial charge in [-0.25, -0.2) is 4.79 Å². The molecule has 5 nitrogen and oxygen atoms in total. The first kappa shape index (κ1) is 15.0. The minimum absolute atomic E-state index is 0.251. The van der Waals surface area contributed by atoms with Crippen molar-refractivity contribution in [3.8, 4) is 5.75 Å². The molecule has 0 aliphatic rings. The zero-order chi connectivity index (χ0) is 14.4. The molecule has 0 heterocycles. The van der Waals surface area contributed by atoms with Gasteiger partial charge in [-0.05, 0) is 30.5 Å². The van der Waals surface area contributed by atoms with E-state index in [4.69, 9.17) is 15.2 Å². The van der Waals surface area contributed by atoms with Crippen LogP contribution in [0.1, 0.15) is 32.3 Å². The first-order valence-electron chi connectivity index (χ1n) is 6.11. The Labute approximate surface area is 112 Å². The van der Waals surface area contributed by atoms with Crippen LogP contribution in [0.25, 0.3) is 0 Å². The molecular formula is C14H19NO4. The number of rotatable bonds is 6. The molecule has 104 valence electrons. The Hall–Kier alpha value is -2.04. The van der Waals surface area contributed by atoms with E-state index in [1.165, 1.54) is 12.5 Å². The van der Waals surface area contributed by atoms with Gasteiger partial charge in [0.05, 0.1) is 0 Å². The van der Waals surface area contributed by atoms with E-state index in [1.807, 2.05) is 12.1 Å². The summed E-state index contributed by atoms with van der Waals surface area (Å²) >= 11 is 0. The standard InChI is InChI=1S/C14H19NO4/c1-9(2)11-4-6-12(7-5-11)18-8-13(16)19-10(3)14(15)17/h4-7,9-10H,8H2,1-3H3,(H2,15,17)/t10-/m0/s1. The quantitative estimate of drug-likeness (QED) is 0.792. The Morgan fingerprint density at radius 1 is 1.16 bits per heavy atom. The van der Waals surface area contributed by atoms with Crippen molar-refractivity contribution in [2.24, 2.45) is 5.73 Å². The molecule has 0 aromatic heterocycles. The molecule has 0 saturated heterocycles. The lowest BCUT2D eigenvalue weighted by Crippen LogP contribution is -2.32. The average molecular weight is 265 g/mol. The number of carbonyl (C=O) groups is 2. The fourth-order valence-corrected chi connectivity index (χ4v) is 1.38. The maximum atomic E-state index is 11.4. The van der Waals surface area contributed by atoms with E-state index < -0.39 is 18.0 Å². The van der Waals surface area contributed by atoms with Crippen LogP contribution in [-0.2, 0) is 14.3 Å². The van der Waals surface area contributed by atoms with Crippen LogP contribution in [0.3, 0.4) is 0 Å². The van der Waals surface area contributed by atoms with Gasteiger partial charge < -0.3 is 15.2 Å². The topological polar surface area (TPSA) is 78.6 Å². The molecule has 1 atom stereocenters. The van der Waals surface area contributed by atoms with E-state index >= 15 is 0 Å². The van der Waals surface area contributed by atoms with Crippen molar-refractivity contribution in [2.75, 3.05) is 6.61 Å². The van der Waals surface area contributed by atoms with E-state index in [-0.39, 0.29) is 6.61 Å². The van der Waals surface area contributed by atoms with Crippen molar-refractivity contribution in [3.05, 3.63) is 29.8 Å². The highest BCUT2D eigenvalue weighted by Crippen LogP contribution is 2.18. The molecular weight excluding hydrogens is 246 g/mol. The van der Waals surface area contributed by atoms with Crippen LogP contribution in [0.15, 0.2) is 24.3 Å². The minimum Gasteiger partial charge on any atom is -0.482 e. The highest BCUT2D eigenvalue weighted by Gasteiger charge is 2.14. The van der Waals surface area contributed by atoms with Gasteiger partial charge in [-0.3, -0.25) is 4.79 Å². The van der Waals surface area contributed by atoms with Gasteiger partial charge >= 0.3 is 5.97 Å². The number of hydrogen-bond donors (Lipinski definition) is 1. The highest BCUT2D eigenvalue weighted by molar-refractivity contribution is 5.82. The summed E-state index contributed by atoms with van der Waals surface area (Å²) in [5.41, 5.74) is 6.17. The molecule has 0 aliphatic heterocycles. The van der Waals surface area contributed by atoms with Crippen LogP contribution < -0.4 is 10.5 Å². The summed E-state index contributed by atoms with van der Waals surface area (Å²) in [6.07, 6.45) is -0.945. The predicted molar refractivity (Wildman–Crippen MR) is 70.8 cm³/mol. The Morgan fingerprint density at radius 2 is 1.74 bits per heavy atom. The van der Waals surface area contributed by atoms with E-state index in [1.54, 1.807) is 12.1 Å². The van der Waals surface area contributed by atoms with Crippen LogP contribution in [0.4, 0.5) is 0 Å². The second kappa shape index (κ2) is 6.78. The van der Waals surface area contributed by atoms with Crippen LogP contribution in [0.5, 0.6) is 5.75 Å². The Bertz CT molecular complexity index is 439. The number of esters is 1. The van der Waals surface area contributed by atoms with Crippen molar-refractivity contribution in [1.29, 1.82) is 0 Å². The Balaban J connectivity index is 2.44. The number of amides is 1. The van der Waals surface area contributed by atoms with Gasteiger partial charge in [-0.1, -0.05) is 26.0 Å². The number of carbonyl (C=O) groups excluding carboxylic acids is 2. The fourth-order valence-electron chi connectivity index (χ4n) is 1.38. The van der Waals surface area contributed by atoms with Crippen molar-refractivity contribution >= 4 is 11.9 Å². The molecule has 0 fully saturated rings. The van der Waals surface area contributed by atoms with Crippen molar-refractivity contribution in [1.82, 2.24) is 0 Å². The molecule has 0 unspecified atom stereocenters. The van der Waals surface area contributed by atoms with Gasteiger partial charge in [0, 0.05) is 0 Å². The van der Waals surface area contributed by atoms with Crippen LogP contribution in [0.2, 0.25) is 0 Å². The van der Waals surface area contributed by atoms with E-state index in [9.17, 15) is 9.59 Å². The molecule has 1 aromatic rings. The van der Waals surface area contributed by atoms with Gasteiger partial charge in [-0.2, -0.15) is 0 Å². The van der Waals surface area contributed by atoms with E-state index in [2.05, 4.69) is 13.8 Å². The summed E-state index contributed by atoms with van der Waals surface area (Å²) in [5, 5.41) is 0. The SMILES string of the molecule is CC(C)c1ccc(OCC(=O)O[C@@H](C)C(N)=O)cc1. The highest BCUT2D eigenvalue weighted by atomic mass is 16.6. The number of ether oxygens (including phenoxy) is 2. The van der Waals surface area contributed by atoms with E-state index in [0.717, 1.165) is 0 Å². The van der Waals surface area contributed by atoms with Crippen LogP contribution in [0, 0.1) is 0 Å². The van der Waals surface area contributed by atoms with E-state index in [0.29, 0.717) is 11.7 Å². The molecule has 0 spiro atoms. The third-order valence-electron chi connectivity index (χ3n) is 2.61. The number of hydrogen-bond acceptors (Lipinski definition) is 4. The van der Waals surface area contributed by atoms with Crippen molar-refractivity contribution < 1.29 is 19.1 Å². The molecule has 0 saturated carbocycles. The molecule has 5 heteroatoms. The number of benzene rings is 1. The molecule has 2 N–H and O–H groups in total. The number of primary amides is 1. The maximum absolute atomic E-state index is 11.4. The van der Waals surface area contributed by atoms with Gasteiger partial charge in [-0.15, -0.1) is 0 Å². The zero-order valence-electron chi connectivity index (χ0n) is 11.4. The second-order valence-electron chi connectivity index (χ2n) is 4.55. The largest absolute Gasteiger partial charge is 0.482 e. The predicted octanol–water partition coefficient (Wildman–Crippen LogP) is 1.61. The molecule has 0 radical (unpaired) electrons. The lowest BCUT2D eigenvalue weighted by molar-refractivity contribution is -0.155. The summed E-state index contributed by atoms with van der Waals surface area (Å²) in [4.78, 5) is 22.1. The maximum Gasteiger partial charge on any atom is 0.344 e. The monoisotopic (exact) mass is 265 g/mol. The lowest BCUT2D eigenvalue weighted by Gasteiger charge is -2.11. The van der Waals surface area contributed by atoms with Gasteiger partial charge in [0.15, 0.2) is 12.7 Å². The molecule has 1 amide bonds. The second-order valence-corrected chi connectivity index (χ2v) is 4.55. The summed E-state index contributed by atoms with van der Waals surface area (Å²) in [5.74, 6) is -0.294. The Morgan fingerprint density at radius 3 is 2.21 bits per heavy atom. The molecule has 0 aliphatic carbocycles. The summed E-state index contributed by atoms with van der Waals surface area (Å²) in [6, 6.07) is 7.47. The fraction of sp³-hybridized carbons (Fsp3) is 0.429. The first-order valence-corrected chi connectivity index (χ1v) is 6.11. The smallest absolute Gasteiger partial charge is 0.344 e. The van der Waals surface area contributed by atoms with Crippen LogP contribution in [-0.4, -0.2) is 24.6 Å². The Kier molecular flexibility index (Phi) is 5.36. The van der Waals surface area contributed by atoms with Crippen molar-refractivity contribution in [3.63, 3.8) is 0 Å². The zero-order valence-corrected chi connectivity index (χ0v) is 11.4. The van der Waals surface area contributed by atoms with Gasteiger partial charge in [0.25, 0.3) is 5.91 Å². The molecule has 19 heavy (non-hydrogen) atoms. The third-order valence-corrected chi connectivity index (χ3v) is 2.61. The first-order chi connectivity index (χ1) is 8.90. The normalized spacial score (nSPS) is 12.0. The third kappa shape index (κ3) is 4.99. The molecule has 1 aromatic carbocycles. The molecule has 0 bridgehead atoms. The number of nitrogens with two attached hydrogens (primary N) is 1. The lowest BCUT2D eigenvalue weighted by atomic mass is 10.0. The van der Waals surface area contributed by atoms with Crippen molar-refractivity contribution in [2.45, 2.75) is 32.8 Å². The van der Waals surface area contributed by atoms with Gasteiger partial charge in [0.2, 0.25) is 0 Å². The summed E-state index contributed by atoms with van der Waals surface area (Å²) in [7, 11) is 0. The minimum atomic E-state index is -0.945.